The van der Waals surface area contributed by atoms with Crippen molar-refractivity contribution in [2.24, 2.45) is 0 Å². The van der Waals surface area contributed by atoms with E-state index in [0.29, 0.717) is 0 Å². The molecule has 0 amide bonds. The molecule has 0 aliphatic carbocycles. The first-order valence-corrected chi connectivity index (χ1v) is 10.2. The van der Waals surface area contributed by atoms with Gasteiger partial charge in [-0.25, -0.2) is 0 Å². The Labute approximate surface area is 104 Å². The van der Waals surface area contributed by atoms with E-state index in [2.05, 4.69) is 57.2 Å². The van der Waals surface area contributed by atoms with Crippen LogP contribution in [-0.4, -0.2) is 38.3 Å². The van der Waals surface area contributed by atoms with Gasteiger partial charge in [0, 0.05) is 12.1 Å². The van der Waals surface area contributed by atoms with Gasteiger partial charge >= 0.3 is 0 Å². The van der Waals surface area contributed by atoms with Crippen LogP contribution in [0.5, 0.6) is 0 Å². The summed E-state index contributed by atoms with van der Waals surface area (Å²) in [6.07, 6.45) is 2.51. The van der Waals surface area contributed by atoms with E-state index in [-0.39, 0.29) is 5.54 Å². The first-order chi connectivity index (χ1) is 7.20. The van der Waals surface area contributed by atoms with Crippen LogP contribution in [0.15, 0.2) is 0 Å². The Bertz CT molecular complexity index is 179. The second-order valence-corrected chi connectivity index (χ2v) is 11.3. The largest absolute Gasteiger partial charge is 0.332 e. The van der Waals surface area contributed by atoms with E-state index in [4.69, 9.17) is 0 Å². The molecule has 0 radical (unpaired) electrons. The van der Waals surface area contributed by atoms with Crippen LogP contribution in [0.25, 0.3) is 0 Å². The van der Waals surface area contributed by atoms with Gasteiger partial charge in [0.1, 0.15) is 8.24 Å². The van der Waals surface area contributed by atoms with Gasteiger partial charge in [0.15, 0.2) is 0 Å². The molecule has 16 heavy (non-hydrogen) atoms. The molecule has 0 bridgehead atoms. The fraction of sp³-hybridized carbons (Fsp3) is 1.00. The van der Waals surface area contributed by atoms with Crippen LogP contribution >= 0.6 is 0 Å². The SMILES string of the molecule is CCCN(CCC)CC(C)(C)N[Si](C)(C)C. The number of nitrogens with one attached hydrogen (secondary N) is 1. The standard InChI is InChI=1S/C13H32N2Si/c1-8-10-15(11-9-2)12-13(3,4)14-16(5,6)7/h14H,8-12H2,1-7H3. The van der Waals surface area contributed by atoms with Gasteiger partial charge in [0.2, 0.25) is 0 Å². The van der Waals surface area contributed by atoms with Gasteiger partial charge in [-0.1, -0.05) is 33.5 Å². The van der Waals surface area contributed by atoms with Gasteiger partial charge in [0.25, 0.3) is 0 Å². The predicted molar refractivity (Wildman–Crippen MR) is 77.6 cm³/mol. The molecule has 0 aromatic carbocycles. The summed E-state index contributed by atoms with van der Waals surface area (Å²) in [6, 6.07) is 0. The Morgan fingerprint density at radius 2 is 1.44 bits per heavy atom. The fourth-order valence-corrected chi connectivity index (χ4v) is 4.63. The summed E-state index contributed by atoms with van der Waals surface area (Å²) in [4.78, 5) is 6.43. The van der Waals surface area contributed by atoms with Gasteiger partial charge in [0.05, 0.1) is 0 Å². The first kappa shape index (κ1) is 16.1. The summed E-state index contributed by atoms with van der Waals surface area (Å²) >= 11 is 0. The molecule has 0 rings (SSSR count). The lowest BCUT2D eigenvalue weighted by atomic mass is 10.1. The summed E-state index contributed by atoms with van der Waals surface area (Å²) in [5, 5.41) is 0. The zero-order chi connectivity index (χ0) is 12.8. The van der Waals surface area contributed by atoms with Gasteiger partial charge in [-0.2, -0.15) is 0 Å². The first-order valence-electron chi connectivity index (χ1n) is 6.72. The summed E-state index contributed by atoms with van der Waals surface area (Å²) < 4.78 is 0. The molecular weight excluding hydrogens is 212 g/mol. The minimum atomic E-state index is -1.18. The van der Waals surface area contributed by atoms with Crippen LogP contribution in [0.2, 0.25) is 19.6 Å². The van der Waals surface area contributed by atoms with Crippen LogP contribution in [0, 0.1) is 0 Å². The molecule has 0 aliphatic heterocycles. The van der Waals surface area contributed by atoms with Gasteiger partial charge in [-0.05, 0) is 39.8 Å². The molecule has 0 aromatic rings. The smallest absolute Gasteiger partial charge is 0.116 e. The highest BCUT2D eigenvalue weighted by atomic mass is 28.3. The fourth-order valence-electron chi connectivity index (χ4n) is 2.52. The third-order valence-corrected chi connectivity index (χ3v) is 3.84. The van der Waals surface area contributed by atoms with Crippen molar-refractivity contribution in [3.05, 3.63) is 0 Å². The van der Waals surface area contributed by atoms with Gasteiger partial charge in [-0.3, -0.25) is 0 Å². The molecular formula is C13H32N2Si. The summed E-state index contributed by atoms with van der Waals surface area (Å²) in [5.74, 6) is 0. The lowest BCUT2D eigenvalue weighted by molar-refractivity contribution is 0.215. The molecule has 2 nitrogen and oxygen atoms in total. The maximum absolute atomic E-state index is 3.84. The molecule has 0 heterocycles. The van der Waals surface area contributed by atoms with E-state index in [0.717, 1.165) is 0 Å². The van der Waals surface area contributed by atoms with Crippen molar-refractivity contribution in [1.29, 1.82) is 0 Å². The second-order valence-electron chi connectivity index (χ2n) is 6.54. The average Bonchev–Trinajstić information content (AvgIpc) is 1.98. The average molecular weight is 244 g/mol. The number of nitrogens with zero attached hydrogens (tertiary/aromatic N) is 1. The van der Waals surface area contributed by atoms with E-state index in [1.54, 1.807) is 0 Å². The molecule has 0 spiro atoms. The van der Waals surface area contributed by atoms with Crippen molar-refractivity contribution in [3.8, 4) is 0 Å². The summed E-state index contributed by atoms with van der Waals surface area (Å²) in [6.45, 7) is 19.9. The second kappa shape index (κ2) is 6.77. The normalized spacial score (nSPS) is 13.5. The monoisotopic (exact) mass is 244 g/mol. The van der Waals surface area contributed by atoms with Gasteiger partial charge in [-0.15, -0.1) is 0 Å². The highest BCUT2D eigenvalue weighted by molar-refractivity contribution is 6.73. The maximum Gasteiger partial charge on any atom is 0.116 e. The van der Waals surface area contributed by atoms with Crippen molar-refractivity contribution < 1.29 is 0 Å². The molecule has 0 aliphatic rings. The molecule has 98 valence electrons. The molecule has 0 saturated heterocycles. The quantitative estimate of drug-likeness (QED) is 0.659. The number of rotatable bonds is 8. The van der Waals surface area contributed by atoms with E-state index in [9.17, 15) is 0 Å². The van der Waals surface area contributed by atoms with Crippen molar-refractivity contribution in [2.45, 2.75) is 65.7 Å². The molecule has 3 heteroatoms. The third kappa shape index (κ3) is 8.31. The minimum absolute atomic E-state index is 0.245. The Morgan fingerprint density at radius 3 is 1.75 bits per heavy atom. The van der Waals surface area contributed by atoms with E-state index in [1.165, 1.54) is 32.5 Å². The van der Waals surface area contributed by atoms with Crippen LogP contribution in [0.1, 0.15) is 40.5 Å². The van der Waals surface area contributed by atoms with Gasteiger partial charge < -0.3 is 9.88 Å². The maximum atomic E-state index is 3.84. The van der Waals surface area contributed by atoms with Crippen molar-refractivity contribution >= 4 is 8.24 Å². The minimum Gasteiger partial charge on any atom is -0.332 e. The van der Waals surface area contributed by atoms with Crippen molar-refractivity contribution in [2.75, 3.05) is 19.6 Å². The van der Waals surface area contributed by atoms with Crippen LogP contribution < -0.4 is 4.98 Å². The zero-order valence-electron chi connectivity index (χ0n) is 12.5. The summed E-state index contributed by atoms with van der Waals surface area (Å²) in [7, 11) is -1.18. The number of hydrogen-bond acceptors (Lipinski definition) is 2. The highest BCUT2D eigenvalue weighted by Gasteiger charge is 2.26. The zero-order valence-corrected chi connectivity index (χ0v) is 13.5. The molecule has 0 aromatic heterocycles. The van der Waals surface area contributed by atoms with E-state index < -0.39 is 8.24 Å². The van der Waals surface area contributed by atoms with E-state index in [1.807, 2.05) is 0 Å². The Kier molecular flexibility index (Phi) is 6.83. The molecule has 0 unspecified atom stereocenters. The van der Waals surface area contributed by atoms with E-state index >= 15 is 0 Å². The topological polar surface area (TPSA) is 15.3 Å². The lowest BCUT2D eigenvalue weighted by Crippen LogP contribution is -2.58. The summed E-state index contributed by atoms with van der Waals surface area (Å²) in [5.41, 5.74) is 0.245. The van der Waals surface area contributed by atoms with Crippen molar-refractivity contribution in [1.82, 2.24) is 9.88 Å². The highest BCUT2D eigenvalue weighted by Crippen LogP contribution is 2.11. The van der Waals surface area contributed by atoms with Crippen LogP contribution in [0.3, 0.4) is 0 Å². The van der Waals surface area contributed by atoms with Crippen LogP contribution in [-0.2, 0) is 0 Å². The third-order valence-electron chi connectivity index (χ3n) is 2.41. The van der Waals surface area contributed by atoms with Crippen molar-refractivity contribution in [3.63, 3.8) is 0 Å². The molecule has 1 N–H and O–H groups in total. The lowest BCUT2D eigenvalue weighted by Gasteiger charge is -2.38. The number of hydrogen-bond donors (Lipinski definition) is 1. The molecule has 0 saturated carbocycles. The molecule has 0 atom stereocenters. The molecule has 0 fully saturated rings. The Morgan fingerprint density at radius 1 is 1.00 bits per heavy atom. The Balaban J connectivity index is 4.28. The predicted octanol–water partition coefficient (Wildman–Crippen LogP) is 3.31. The Hall–Kier alpha value is 0.137. The van der Waals surface area contributed by atoms with Crippen LogP contribution in [0.4, 0.5) is 0 Å².